The lowest BCUT2D eigenvalue weighted by Gasteiger charge is -2.21. The lowest BCUT2D eigenvalue weighted by molar-refractivity contribution is -0.188. The summed E-state index contributed by atoms with van der Waals surface area (Å²) in [6.45, 7) is 0. The molecule has 2 unspecified atom stereocenters. The van der Waals surface area contributed by atoms with Gasteiger partial charge in [-0.3, -0.25) is 0 Å². The van der Waals surface area contributed by atoms with Crippen molar-refractivity contribution in [3.8, 4) is 0 Å². The maximum Gasteiger partial charge on any atom is 0.338 e. The smallest absolute Gasteiger partial charge is 0.337 e. The van der Waals surface area contributed by atoms with Crippen molar-refractivity contribution in [2.45, 2.75) is 43.9 Å². The molecule has 2 aliphatic rings. The molecule has 0 radical (unpaired) electrons. The van der Waals surface area contributed by atoms with Crippen LogP contribution >= 0.6 is 0 Å². The fraction of sp³-hybridized carbons (Fsp3) is 0.571. The van der Waals surface area contributed by atoms with E-state index in [1.54, 1.807) is 0 Å². The first kappa shape index (κ1) is 14.9. The van der Waals surface area contributed by atoms with Gasteiger partial charge in [0.1, 0.15) is 6.10 Å². The fourth-order valence-electron chi connectivity index (χ4n) is 2.85. The van der Waals surface area contributed by atoms with Crippen molar-refractivity contribution < 1.29 is 22.1 Å². The van der Waals surface area contributed by atoms with Crippen LogP contribution in [-0.2, 0) is 24.0 Å². The molecule has 2 atom stereocenters. The molecule has 1 saturated heterocycles. The van der Waals surface area contributed by atoms with Crippen LogP contribution in [0.4, 0.5) is 0 Å². The van der Waals surface area contributed by atoms with Gasteiger partial charge >= 0.3 is 10.3 Å². The average molecular weight is 313 g/mol. The van der Waals surface area contributed by atoms with Crippen LogP contribution in [-0.4, -0.2) is 27.5 Å². The minimum absolute atomic E-state index is 0.549. The van der Waals surface area contributed by atoms with Crippen molar-refractivity contribution in [3.63, 3.8) is 0 Å². The molecule has 3 rings (SSSR count). The standard InChI is InChI=1S/C14H19NO5S/c1-15-21(16,17)20-13-12(11-7-3-2-4-8-11)18-14(19-13)9-5-6-10-14/h2-4,7-8,12-13,15H,5-6,9-10H2,1H3. The second-order valence-corrected chi connectivity index (χ2v) is 6.82. The zero-order chi connectivity index (χ0) is 14.9. The number of benzene rings is 1. The van der Waals surface area contributed by atoms with E-state index in [4.69, 9.17) is 13.7 Å². The van der Waals surface area contributed by atoms with E-state index in [1.807, 2.05) is 30.3 Å². The minimum Gasteiger partial charge on any atom is -0.337 e. The zero-order valence-corrected chi connectivity index (χ0v) is 12.6. The van der Waals surface area contributed by atoms with Gasteiger partial charge in [0.25, 0.3) is 0 Å². The summed E-state index contributed by atoms with van der Waals surface area (Å²) in [5.74, 6) is -0.714. The maximum atomic E-state index is 11.7. The number of nitrogens with one attached hydrogen (secondary N) is 1. The Morgan fingerprint density at radius 3 is 2.48 bits per heavy atom. The minimum atomic E-state index is -3.85. The molecule has 0 bridgehead atoms. The molecular weight excluding hydrogens is 294 g/mol. The summed E-state index contributed by atoms with van der Waals surface area (Å²) >= 11 is 0. The summed E-state index contributed by atoms with van der Waals surface area (Å²) < 4.78 is 42.5. The molecule has 1 aromatic carbocycles. The van der Waals surface area contributed by atoms with E-state index < -0.39 is 28.5 Å². The molecule has 1 spiro atoms. The van der Waals surface area contributed by atoms with E-state index >= 15 is 0 Å². The Morgan fingerprint density at radius 2 is 1.86 bits per heavy atom. The van der Waals surface area contributed by atoms with Crippen LogP contribution in [0.3, 0.4) is 0 Å². The van der Waals surface area contributed by atoms with Gasteiger partial charge in [-0.05, 0) is 18.4 Å². The quantitative estimate of drug-likeness (QED) is 0.918. The van der Waals surface area contributed by atoms with Crippen molar-refractivity contribution in [1.29, 1.82) is 0 Å². The molecular formula is C14H19NO5S. The molecule has 21 heavy (non-hydrogen) atoms. The summed E-state index contributed by atoms with van der Waals surface area (Å²) in [5.41, 5.74) is 0.845. The van der Waals surface area contributed by atoms with Gasteiger partial charge in [0.05, 0.1) is 0 Å². The molecule has 1 N–H and O–H groups in total. The Morgan fingerprint density at radius 1 is 1.19 bits per heavy atom. The Labute approximate surface area is 124 Å². The van der Waals surface area contributed by atoms with Gasteiger partial charge in [-0.2, -0.15) is 13.1 Å². The molecule has 6 nitrogen and oxygen atoms in total. The van der Waals surface area contributed by atoms with Gasteiger partial charge in [0.15, 0.2) is 5.79 Å². The highest BCUT2D eigenvalue weighted by atomic mass is 32.2. The molecule has 1 aliphatic heterocycles. The van der Waals surface area contributed by atoms with Crippen molar-refractivity contribution in [2.75, 3.05) is 7.05 Å². The first-order valence-corrected chi connectivity index (χ1v) is 8.47. The molecule has 1 saturated carbocycles. The molecule has 0 amide bonds. The summed E-state index contributed by atoms with van der Waals surface area (Å²) in [7, 11) is -2.55. The monoisotopic (exact) mass is 313 g/mol. The SMILES string of the molecule is CNS(=O)(=O)OC1OC2(CCCC2)OC1c1ccccc1. The Balaban J connectivity index is 1.87. The van der Waals surface area contributed by atoms with E-state index in [0.29, 0.717) is 0 Å². The van der Waals surface area contributed by atoms with E-state index in [9.17, 15) is 8.42 Å². The maximum absolute atomic E-state index is 11.7. The first-order chi connectivity index (χ1) is 10.0. The number of rotatable bonds is 4. The first-order valence-electron chi connectivity index (χ1n) is 7.06. The number of ether oxygens (including phenoxy) is 2. The van der Waals surface area contributed by atoms with Crippen LogP contribution < -0.4 is 4.72 Å². The third-order valence-corrected chi connectivity index (χ3v) is 4.83. The fourth-order valence-corrected chi connectivity index (χ4v) is 3.33. The largest absolute Gasteiger partial charge is 0.338 e. The molecule has 1 heterocycles. The van der Waals surface area contributed by atoms with Crippen LogP contribution in [0.15, 0.2) is 30.3 Å². The third kappa shape index (κ3) is 3.12. The second kappa shape index (κ2) is 5.66. The second-order valence-electron chi connectivity index (χ2n) is 5.31. The molecule has 2 fully saturated rings. The zero-order valence-electron chi connectivity index (χ0n) is 11.8. The van der Waals surface area contributed by atoms with E-state index in [0.717, 1.165) is 31.2 Å². The lowest BCUT2D eigenvalue weighted by Crippen LogP contribution is -2.31. The van der Waals surface area contributed by atoms with Crippen molar-refractivity contribution in [1.82, 2.24) is 4.72 Å². The third-order valence-electron chi connectivity index (χ3n) is 3.88. The van der Waals surface area contributed by atoms with Crippen LogP contribution in [0.2, 0.25) is 0 Å². The molecule has 0 aromatic heterocycles. The summed E-state index contributed by atoms with van der Waals surface area (Å²) in [4.78, 5) is 0. The van der Waals surface area contributed by atoms with Gasteiger partial charge in [-0.25, -0.2) is 4.18 Å². The highest BCUT2D eigenvalue weighted by Gasteiger charge is 2.51. The summed E-state index contributed by atoms with van der Waals surface area (Å²) in [6, 6.07) is 9.41. The molecule has 1 aromatic rings. The van der Waals surface area contributed by atoms with Gasteiger partial charge in [-0.1, -0.05) is 30.3 Å². The number of hydrogen-bond acceptors (Lipinski definition) is 5. The van der Waals surface area contributed by atoms with Gasteiger partial charge in [0, 0.05) is 19.9 Å². The Kier molecular flexibility index (Phi) is 4.02. The van der Waals surface area contributed by atoms with Crippen molar-refractivity contribution in [2.24, 2.45) is 0 Å². The van der Waals surface area contributed by atoms with Gasteiger partial charge < -0.3 is 9.47 Å². The summed E-state index contributed by atoms with van der Waals surface area (Å²) in [5, 5.41) is 0. The predicted octanol–water partition coefficient (Wildman–Crippen LogP) is 1.85. The highest BCUT2D eigenvalue weighted by molar-refractivity contribution is 7.84. The Bertz CT molecular complexity index is 583. The topological polar surface area (TPSA) is 73.9 Å². The van der Waals surface area contributed by atoms with Crippen LogP contribution in [0.25, 0.3) is 0 Å². The van der Waals surface area contributed by atoms with Crippen LogP contribution in [0.5, 0.6) is 0 Å². The van der Waals surface area contributed by atoms with Crippen molar-refractivity contribution >= 4 is 10.3 Å². The van der Waals surface area contributed by atoms with Crippen molar-refractivity contribution in [3.05, 3.63) is 35.9 Å². The average Bonchev–Trinajstić information content (AvgIpc) is 3.07. The molecule has 116 valence electrons. The lowest BCUT2D eigenvalue weighted by atomic mass is 10.1. The summed E-state index contributed by atoms with van der Waals surface area (Å²) in [6.07, 6.45) is 2.02. The van der Waals surface area contributed by atoms with E-state index in [1.165, 1.54) is 7.05 Å². The van der Waals surface area contributed by atoms with E-state index in [2.05, 4.69) is 4.72 Å². The molecule has 7 heteroatoms. The number of hydrogen-bond donors (Lipinski definition) is 1. The van der Waals surface area contributed by atoms with E-state index in [-0.39, 0.29) is 0 Å². The predicted molar refractivity (Wildman–Crippen MR) is 75.4 cm³/mol. The van der Waals surface area contributed by atoms with Crippen LogP contribution in [0.1, 0.15) is 37.4 Å². The van der Waals surface area contributed by atoms with Gasteiger partial charge in [0.2, 0.25) is 6.29 Å². The molecule has 1 aliphatic carbocycles. The normalized spacial score (nSPS) is 28.2. The highest BCUT2D eigenvalue weighted by Crippen LogP contribution is 2.47. The Hall–Kier alpha value is -0.990. The van der Waals surface area contributed by atoms with Crippen LogP contribution in [0, 0.1) is 0 Å². The van der Waals surface area contributed by atoms with Gasteiger partial charge in [-0.15, -0.1) is 0 Å².